The van der Waals surface area contributed by atoms with Gasteiger partial charge >= 0.3 is 0 Å². The van der Waals surface area contributed by atoms with Crippen molar-refractivity contribution in [2.75, 3.05) is 47.9 Å². The maximum absolute atomic E-state index is 12.2. The molecule has 0 aromatic rings. The normalized spacial score (nSPS) is 23.4. The Morgan fingerprint density at radius 2 is 2.11 bits per heavy atom. The molecule has 0 aromatic heterocycles. The first-order valence-electron chi connectivity index (χ1n) is 6.64. The van der Waals surface area contributed by atoms with Crippen LogP contribution in [0.4, 0.5) is 0 Å². The molecule has 6 nitrogen and oxygen atoms in total. The number of nitrogens with one attached hydrogen (secondary N) is 1. The van der Waals surface area contributed by atoms with Crippen molar-refractivity contribution >= 4 is 11.8 Å². The van der Waals surface area contributed by atoms with E-state index in [9.17, 15) is 9.59 Å². The molecule has 2 amide bonds. The van der Waals surface area contributed by atoms with Gasteiger partial charge in [-0.25, -0.2) is 0 Å². The Labute approximate surface area is 115 Å². The number of nitrogens with zero attached hydrogens (tertiary/aromatic N) is 2. The molecule has 0 saturated carbocycles. The smallest absolute Gasteiger partial charge is 0.242 e. The summed E-state index contributed by atoms with van der Waals surface area (Å²) in [4.78, 5) is 27.5. The van der Waals surface area contributed by atoms with Crippen LogP contribution in [0.5, 0.6) is 0 Å². The van der Waals surface area contributed by atoms with Crippen LogP contribution in [-0.2, 0) is 14.3 Å². The highest BCUT2D eigenvalue weighted by atomic mass is 16.5. The molecule has 1 atom stereocenters. The zero-order chi connectivity index (χ0) is 14.5. The van der Waals surface area contributed by atoms with Gasteiger partial charge in [-0.1, -0.05) is 0 Å². The van der Waals surface area contributed by atoms with E-state index in [1.807, 2.05) is 0 Å². The molecule has 110 valence electrons. The lowest BCUT2D eigenvalue weighted by Crippen LogP contribution is -2.58. The van der Waals surface area contributed by atoms with Crippen LogP contribution in [0.3, 0.4) is 0 Å². The topological polar surface area (TPSA) is 61.9 Å². The van der Waals surface area contributed by atoms with Gasteiger partial charge in [0.15, 0.2) is 0 Å². The summed E-state index contributed by atoms with van der Waals surface area (Å²) in [5, 5.41) is 2.72. The molecule has 1 unspecified atom stereocenters. The van der Waals surface area contributed by atoms with Crippen molar-refractivity contribution in [1.82, 2.24) is 15.1 Å². The van der Waals surface area contributed by atoms with E-state index in [4.69, 9.17) is 4.74 Å². The lowest BCUT2D eigenvalue weighted by atomic mass is 9.95. The fourth-order valence-electron chi connectivity index (χ4n) is 2.67. The van der Waals surface area contributed by atoms with Gasteiger partial charge in [-0.15, -0.1) is 0 Å². The third kappa shape index (κ3) is 3.45. The van der Waals surface area contributed by atoms with Crippen molar-refractivity contribution in [2.24, 2.45) is 0 Å². The maximum Gasteiger partial charge on any atom is 0.242 e. The average Bonchev–Trinajstić information content (AvgIpc) is 2.79. The van der Waals surface area contributed by atoms with Crippen molar-refractivity contribution in [1.29, 1.82) is 0 Å². The monoisotopic (exact) mass is 271 g/mol. The summed E-state index contributed by atoms with van der Waals surface area (Å²) in [7, 11) is 6.73. The van der Waals surface area contributed by atoms with Gasteiger partial charge in [0.1, 0.15) is 5.54 Å². The highest BCUT2D eigenvalue weighted by Crippen LogP contribution is 2.30. The molecule has 0 bridgehead atoms. The summed E-state index contributed by atoms with van der Waals surface area (Å²) < 4.78 is 5.24. The Bertz CT molecular complexity index is 333. The van der Waals surface area contributed by atoms with Gasteiger partial charge in [-0.3, -0.25) is 14.5 Å². The number of likely N-dealkylation sites (tertiary alicyclic amines) is 1. The SMILES string of the molecule is CNC(=O)C1(COC)CCCN1CCC(=O)N(C)C. The van der Waals surface area contributed by atoms with Crippen LogP contribution < -0.4 is 5.32 Å². The fourth-order valence-corrected chi connectivity index (χ4v) is 2.67. The van der Waals surface area contributed by atoms with Crippen LogP contribution in [-0.4, -0.2) is 75.1 Å². The Morgan fingerprint density at radius 3 is 2.63 bits per heavy atom. The maximum atomic E-state index is 12.2. The van der Waals surface area contributed by atoms with Crippen LogP contribution >= 0.6 is 0 Å². The predicted molar refractivity (Wildman–Crippen MR) is 72.8 cm³/mol. The molecule has 1 heterocycles. The molecule has 0 aromatic carbocycles. The largest absolute Gasteiger partial charge is 0.382 e. The van der Waals surface area contributed by atoms with Crippen LogP contribution in [0.1, 0.15) is 19.3 Å². The first kappa shape index (κ1) is 15.9. The number of likely N-dealkylation sites (N-methyl/N-ethyl adjacent to an activating group) is 1. The molecule has 1 fully saturated rings. The lowest BCUT2D eigenvalue weighted by Gasteiger charge is -2.36. The van der Waals surface area contributed by atoms with E-state index < -0.39 is 5.54 Å². The Kier molecular flexibility index (Phi) is 5.75. The Balaban J connectivity index is 2.74. The van der Waals surface area contributed by atoms with Gasteiger partial charge in [0, 0.05) is 41.2 Å². The second-order valence-corrected chi connectivity index (χ2v) is 5.17. The van der Waals surface area contributed by atoms with Crippen molar-refractivity contribution in [3.8, 4) is 0 Å². The number of methoxy groups -OCH3 is 1. The highest BCUT2D eigenvalue weighted by molar-refractivity contribution is 5.86. The summed E-state index contributed by atoms with van der Waals surface area (Å²) in [6.07, 6.45) is 2.15. The van der Waals surface area contributed by atoms with E-state index in [2.05, 4.69) is 10.2 Å². The molecule has 19 heavy (non-hydrogen) atoms. The molecule has 1 N–H and O–H groups in total. The lowest BCUT2D eigenvalue weighted by molar-refractivity contribution is -0.137. The van der Waals surface area contributed by atoms with E-state index in [1.54, 1.807) is 33.2 Å². The number of hydrogen-bond donors (Lipinski definition) is 1. The number of carbonyl (C=O) groups is 2. The first-order valence-corrected chi connectivity index (χ1v) is 6.64. The first-order chi connectivity index (χ1) is 8.97. The number of carbonyl (C=O) groups excluding carboxylic acids is 2. The molecule has 1 aliphatic heterocycles. The molecule has 0 aliphatic carbocycles. The average molecular weight is 271 g/mol. The van der Waals surface area contributed by atoms with E-state index in [0.717, 1.165) is 19.4 Å². The zero-order valence-corrected chi connectivity index (χ0v) is 12.4. The molecule has 1 aliphatic rings. The van der Waals surface area contributed by atoms with Gasteiger partial charge in [0.05, 0.1) is 6.61 Å². The fraction of sp³-hybridized carbons (Fsp3) is 0.846. The molecular formula is C13H25N3O3. The minimum atomic E-state index is -0.615. The van der Waals surface area contributed by atoms with Crippen molar-refractivity contribution in [3.63, 3.8) is 0 Å². The van der Waals surface area contributed by atoms with Crippen LogP contribution in [0.2, 0.25) is 0 Å². The van der Waals surface area contributed by atoms with Gasteiger partial charge < -0.3 is 15.0 Å². The van der Waals surface area contributed by atoms with Gasteiger partial charge in [0.2, 0.25) is 11.8 Å². The second kappa shape index (κ2) is 6.86. The number of hydrogen-bond acceptors (Lipinski definition) is 4. The number of amides is 2. The van der Waals surface area contributed by atoms with Crippen molar-refractivity contribution in [3.05, 3.63) is 0 Å². The summed E-state index contributed by atoms with van der Waals surface area (Å²) in [5.41, 5.74) is -0.615. The van der Waals surface area contributed by atoms with Crippen LogP contribution in [0.15, 0.2) is 0 Å². The minimum Gasteiger partial charge on any atom is -0.382 e. The summed E-state index contributed by atoms with van der Waals surface area (Å²) in [6.45, 7) is 1.79. The third-order valence-corrected chi connectivity index (χ3v) is 3.75. The number of ether oxygens (including phenoxy) is 1. The summed E-state index contributed by atoms with van der Waals surface area (Å²) >= 11 is 0. The Hall–Kier alpha value is -1.14. The minimum absolute atomic E-state index is 0.0239. The quantitative estimate of drug-likeness (QED) is 0.720. The van der Waals surface area contributed by atoms with Gasteiger partial charge in [-0.05, 0) is 19.4 Å². The molecular weight excluding hydrogens is 246 g/mol. The van der Waals surface area contributed by atoms with Gasteiger partial charge in [0.25, 0.3) is 0 Å². The standard InChI is InChI=1S/C13H25N3O3/c1-14-12(18)13(10-19-4)7-5-8-16(13)9-6-11(17)15(2)3/h5-10H2,1-4H3,(H,14,18). The van der Waals surface area contributed by atoms with Crippen molar-refractivity contribution < 1.29 is 14.3 Å². The predicted octanol–water partition coefficient (Wildman–Crippen LogP) is -0.308. The van der Waals surface area contributed by atoms with Crippen LogP contribution in [0.25, 0.3) is 0 Å². The molecule has 1 saturated heterocycles. The summed E-state index contributed by atoms with van der Waals surface area (Å²) in [5.74, 6) is 0.0549. The molecule has 6 heteroatoms. The summed E-state index contributed by atoms with van der Waals surface area (Å²) in [6, 6.07) is 0. The zero-order valence-electron chi connectivity index (χ0n) is 12.4. The van der Waals surface area contributed by atoms with E-state index in [-0.39, 0.29) is 11.8 Å². The van der Waals surface area contributed by atoms with E-state index >= 15 is 0 Å². The number of rotatable bonds is 6. The highest BCUT2D eigenvalue weighted by Gasteiger charge is 2.46. The molecule has 0 radical (unpaired) electrons. The van der Waals surface area contributed by atoms with E-state index in [1.165, 1.54) is 0 Å². The van der Waals surface area contributed by atoms with E-state index in [0.29, 0.717) is 19.6 Å². The third-order valence-electron chi connectivity index (χ3n) is 3.75. The van der Waals surface area contributed by atoms with Crippen LogP contribution in [0, 0.1) is 0 Å². The molecule has 0 spiro atoms. The Morgan fingerprint density at radius 1 is 1.42 bits per heavy atom. The molecule has 1 rings (SSSR count). The second-order valence-electron chi connectivity index (χ2n) is 5.17. The van der Waals surface area contributed by atoms with Gasteiger partial charge in [-0.2, -0.15) is 0 Å². The van der Waals surface area contributed by atoms with Crippen molar-refractivity contribution in [2.45, 2.75) is 24.8 Å².